The maximum Gasteiger partial charge on any atom is 0.0954 e. The number of rotatable bonds is 1. The molecule has 1 heteroatoms. The van der Waals surface area contributed by atoms with Crippen LogP contribution in [0.3, 0.4) is 0 Å². The molecule has 1 saturated carbocycles. The van der Waals surface area contributed by atoms with E-state index >= 15 is 0 Å². The van der Waals surface area contributed by atoms with Crippen molar-refractivity contribution >= 4 is 0 Å². The van der Waals surface area contributed by atoms with E-state index in [0.717, 1.165) is 12.0 Å². The molecule has 1 atom stereocenters. The molecule has 0 radical (unpaired) electrons. The third-order valence-electron chi connectivity index (χ3n) is 2.94. The average molecular weight is 162 g/mol. The normalized spacial score (nSPS) is 31.6. The fourth-order valence-corrected chi connectivity index (χ4v) is 1.80. The van der Waals surface area contributed by atoms with Gasteiger partial charge in [0.2, 0.25) is 0 Å². The van der Waals surface area contributed by atoms with Crippen molar-refractivity contribution in [2.45, 2.75) is 25.9 Å². The van der Waals surface area contributed by atoms with Crippen molar-refractivity contribution in [3.63, 3.8) is 0 Å². The molecule has 1 aliphatic rings. The summed E-state index contributed by atoms with van der Waals surface area (Å²) in [5.41, 5.74) is 0.554. The summed E-state index contributed by atoms with van der Waals surface area (Å²) in [6.45, 7) is 4.19. The summed E-state index contributed by atoms with van der Waals surface area (Å²) in [5, 5.41) is 10.1. The monoisotopic (exact) mass is 162 g/mol. The van der Waals surface area contributed by atoms with Crippen LogP contribution in [0.4, 0.5) is 0 Å². The first-order chi connectivity index (χ1) is 5.56. The maximum atomic E-state index is 10.1. The van der Waals surface area contributed by atoms with Gasteiger partial charge in [-0.3, -0.25) is 0 Å². The van der Waals surface area contributed by atoms with Gasteiger partial charge in [0.1, 0.15) is 0 Å². The van der Waals surface area contributed by atoms with Gasteiger partial charge < -0.3 is 5.11 Å². The highest BCUT2D eigenvalue weighted by molar-refractivity contribution is 5.32. The molecule has 1 fully saturated rings. The highest BCUT2D eigenvalue weighted by atomic mass is 16.3. The van der Waals surface area contributed by atoms with E-state index in [4.69, 9.17) is 0 Å². The molecule has 0 aromatic heterocycles. The molecule has 0 unspecified atom stereocenters. The largest absolute Gasteiger partial charge is 0.385 e. The molecule has 64 valence electrons. The highest BCUT2D eigenvalue weighted by Gasteiger charge is 2.61. The topological polar surface area (TPSA) is 20.2 Å². The molecule has 1 aromatic rings. The van der Waals surface area contributed by atoms with Gasteiger partial charge in [-0.15, -0.1) is 0 Å². The van der Waals surface area contributed by atoms with Crippen LogP contribution in [0.2, 0.25) is 0 Å². The van der Waals surface area contributed by atoms with Gasteiger partial charge >= 0.3 is 0 Å². The molecule has 1 aromatic carbocycles. The van der Waals surface area contributed by atoms with Gasteiger partial charge in [0.15, 0.2) is 0 Å². The van der Waals surface area contributed by atoms with Crippen LogP contribution < -0.4 is 0 Å². The molecule has 0 aliphatic heterocycles. The van der Waals surface area contributed by atoms with Crippen molar-refractivity contribution < 1.29 is 5.11 Å². The highest BCUT2D eigenvalue weighted by Crippen LogP contribution is 2.62. The lowest BCUT2D eigenvalue weighted by molar-refractivity contribution is 0.108. The van der Waals surface area contributed by atoms with Crippen molar-refractivity contribution in [1.82, 2.24) is 0 Å². The fourth-order valence-electron chi connectivity index (χ4n) is 1.80. The van der Waals surface area contributed by atoms with Crippen LogP contribution in [0.5, 0.6) is 0 Å². The molecule has 0 amide bonds. The second-order valence-corrected chi connectivity index (χ2v) is 4.29. The van der Waals surface area contributed by atoms with Crippen molar-refractivity contribution in [3.05, 3.63) is 35.9 Å². The number of aliphatic hydroxyl groups is 1. The Bertz CT molecular complexity index is 289. The zero-order chi connectivity index (χ0) is 8.82. The predicted octanol–water partition coefficient (Wildman–Crippen LogP) is 2.30. The molecule has 0 saturated heterocycles. The SMILES string of the molecule is CC1(C)C[C@@]1(O)c1ccccc1. The van der Waals surface area contributed by atoms with E-state index in [9.17, 15) is 5.11 Å². The Balaban J connectivity index is 2.35. The van der Waals surface area contributed by atoms with Gasteiger partial charge in [-0.1, -0.05) is 44.2 Å². The number of benzene rings is 1. The number of hydrogen-bond acceptors (Lipinski definition) is 1. The van der Waals surface area contributed by atoms with Crippen LogP contribution in [0, 0.1) is 5.41 Å². The van der Waals surface area contributed by atoms with Crippen LogP contribution in [0.1, 0.15) is 25.8 Å². The number of hydrogen-bond donors (Lipinski definition) is 1. The minimum absolute atomic E-state index is 0.0638. The van der Waals surface area contributed by atoms with Crippen molar-refractivity contribution in [3.8, 4) is 0 Å². The average Bonchev–Trinajstić information content (AvgIpc) is 2.55. The van der Waals surface area contributed by atoms with Gasteiger partial charge in [-0.05, 0) is 12.0 Å². The first-order valence-corrected chi connectivity index (χ1v) is 4.34. The van der Waals surface area contributed by atoms with Gasteiger partial charge in [-0.2, -0.15) is 0 Å². The molecule has 0 heterocycles. The molecule has 1 N–H and O–H groups in total. The Labute approximate surface area is 73.0 Å². The molecule has 12 heavy (non-hydrogen) atoms. The van der Waals surface area contributed by atoms with Crippen LogP contribution >= 0.6 is 0 Å². The van der Waals surface area contributed by atoms with Crippen LogP contribution in [-0.2, 0) is 5.60 Å². The first kappa shape index (κ1) is 7.81. The molecule has 2 rings (SSSR count). The maximum absolute atomic E-state index is 10.1. The summed E-state index contributed by atoms with van der Waals surface area (Å²) >= 11 is 0. The minimum atomic E-state index is -0.561. The third-order valence-corrected chi connectivity index (χ3v) is 2.94. The lowest BCUT2D eigenvalue weighted by Crippen LogP contribution is -2.12. The van der Waals surface area contributed by atoms with E-state index < -0.39 is 5.60 Å². The molecule has 0 spiro atoms. The summed E-state index contributed by atoms with van der Waals surface area (Å²) in [6, 6.07) is 9.91. The van der Waals surface area contributed by atoms with E-state index in [1.165, 1.54) is 0 Å². The van der Waals surface area contributed by atoms with Crippen LogP contribution in [0.25, 0.3) is 0 Å². The smallest absolute Gasteiger partial charge is 0.0954 e. The van der Waals surface area contributed by atoms with Gasteiger partial charge in [-0.25, -0.2) is 0 Å². The van der Waals surface area contributed by atoms with Gasteiger partial charge in [0.05, 0.1) is 5.60 Å². The van der Waals surface area contributed by atoms with Gasteiger partial charge in [0, 0.05) is 5.41 Å². The second kappa shape index (κ2) is 2.11. The lowest BCUT2D eigenvalue weighted by Gasteiger charge is -2.13. The van der Waals surface area contributed by atoms with Crippen molar-refractivity contribution in [2.75, 3.05) is 0 Å². The minimum Gasteiger partial charge on any atom is -0.385 e. The first-order valence-electron chi connectivity index (χ1n) is 4.34. The Morgan fingerprint density at radius 3 is 2.08 bits per heavy atom. The van der Waals surface area contributed by atoms with Crippen molar-refractivity contribution in [2.24, 2.45) is 5.41 Å². The summed E-state index contributed by atoms with van der Waals surface area (Å²) in [4.78, 5) is 0. The van der Waals surface area contributed by atoms with Gasteiger partial charge in [0.25, 0.3) is 0 Å². The summed E-state index contributed by atoms with van der Waals surface area (Å²) in [5.74, 6) is 0. The zero-order valence-electron chi connectivity index (χ0n) is 7.54. The summed E-state index contributed by atoms with van der Waals surface area (Å²) < 4.78 is 0. The van der Waals surface area contributed by atoms with E-state index in [-0.39, 0.29) is 5.41 Å². The third kappa shape index (κ3) is 0.896. The molecule has 0 bridgehead atoms. The Morgan fingerprint density at radius 2 is 1.67 bits per heavy atom. The molecular weight excluding hydrogens is 148 g/mol. The molecule has 1 aliphatic carbocycles. The van der Waals surface area contributed by atoms with E-state index in [0.29, 0.717) is 0 Å². The van der Waals surface area contributed by atoms with E-state index in [1.54, 1.807) is 0 Å². The van der Waals surface area contributed by atoms with E-state index in [2.05, 4.69) is 13.8 Å². The zero-order valence-corrected chi connectivity index (χ0v) is 7.54. The Hall–Kier alpha value is -0.820. The fraction of sp³-hybridized carbons (Fsp3) is 0.455. The summed E-state index contributed by atoms with van der Waals surface area (Å²) in [7, 11) is 0. The lowest BCUT2D eigenvalue weighted by atomic mass is 10.00. The van der Waals surface area contributed by atoms with Crippen LogP contribution in [-0.4, -0.2) is 5.11 Å². The molecule has 1 nitrogen and oxygen atoms in total. The van der Waals surface area contributed by atoms with Crippen molar-refractivity contribution in [1.29, 1.82) is 0 Å². The Kier molecular flexibility index (Phi) is 1.37. The van der Waals surface area contributed by atoms with E-state index in [1.807, 2.05) is 30.3 Å². The standard InChI is InChI=1S/C11H14O/c1-10(2)8-11(10,12)9-6-4-3-5-7-9/h3-7,12H,8H2,1-2H3/t11-/m1/s1. The summed E-state index contributed by atoms with van der Waals surface area (Å²) in [6.07, 6.45) is 0.879. The second-order valence-electron chi connectivity index (χ2n) is 4.29. The Morgan fingerprint density at radius 1 is 1.17 bits per heavy atom. The predicted molar refractivity (Wildman–Crippen MR) is 48.7 cm³/mol. The van der Waals surface area contributed by atoms with Crippen LogP contribution in [0.15, 0.2) is 30.3 Å². The molecular formula is C11H14O. The quantitative estimate of drug-likeness (QED) is 0.671.